The monoisotopic (exact) mass is 513 g/mol. The zero-order valence-electron chi connectivity index (χ0n) is 19.5. The summed E-state index contributed by atoms with van der Waals surface area (Å²) in [4.78, 5) is 59.5. The van der Waals surface area contributed by atoms with E-state index in [0.29, 0.717) is 11.0 Å². The number of hydrogen-bond acceptors (Lipinski definition) is 13. The van der Waals surface area contributed by atoms with Crippen LogP contribution in [0.25, 0.3) is 0 Å². The lowest BCUT2D eigenvalue weighted by Crippen LogP contribution is -2.37. The molecule has 1 aliphatic rings. The highest BCUT2D eigenvalue weighted by Gasteiger charge is 2.24. The van der Waals surface area contributed by atoms with E-state index in [-0.39, 0.29) is 19.4 Å². The number of ether oxygens (including phenoxy) is 4. The van der Waals surface area contributed by atoms with Gasteiger partial charge in [-0.25, -0.2) is 0 Å². The molecule has 0 spiro atoms. The number of nitrogens with zero attached hydrogens (tertiary/aromatic N) is 1. The van der Waals surface area contributed by atoms with Crippen molar-refractivity contribution in [3.63, 3.8) is 0 Å². The molecular weight excluding hydrogens is 481 g/mol. The van der Waals surface area contributed by atoms with Crippen molar-refractivity contribution in [1.82, 2.24) is 0 Å². The molecule has 3 atom stereocenters. The Morgan fingerprint density at radius 3 is 1.85 bits per heavy atom. The summed E-state index contributed by atoms with van der Waals surface area (Å²) in [6.45, 7) is -2.08. The maximum atomic E-state index is 12.1. The standard InChI is InChI=1S/C19H32NO13P/c1-20(2,3)8-9-30-34(26,27)31-13-15-12-29-17(23)5-4-16(22)28-11-14(10-21)32-18(24)6-7-19(25)33-15/h14-15,21H,4-13H2,1-3H3. The average Bonchev–Trinajstić information content (AvgIpc) is 2.73. The smallest absolute Gasteiger partial charge is 0.306 e. The molecule has 1 saturated heterocycles. The summed E-state index contributed by atoms with van der Waals surface area (Å²) in [6.07, 6.45) is -4.08. The van der Waals surface area contributed by atoms with Crippen LogP contribution in [0.2, 0.25) is 0 Å². The van der Waals surface area contributed by atoms with E-state index in [0.717, 1.165) is 0 Å². The van der Waals surface area contributed by atoms with Gasteiger partial charge in [0.2, 0.25) is 0 Å². The number of cyclic esters (lactones) is 4. The summed E-state index contributed by atoms with van der Waals surface area (Å²) in [5.74, 6) is -3.39. The van der Waals surface area contributed by atoms with E-state index in [1.54, 1.807) is 0 Å². The number of carbonyl (C=O) groups excluding carboxylic acids is 4. The first kappa shape index (κ1) is 29.9. The van der Waals surface area contributed by atoms with Crippen molar-refractivity contribution < 1.29 is 66.2 Å². The van der Waals surface area contributed by atoms with E-state index < -0.39 is 83.2 Å². The number of carbonyl (C=O) groups is 4. The predicted octanol–water partition coefficient (Wildman–Crippen LogP) is -1.33. The van der Waals surface area contributed by atoms with Gasteiger partial charge < -0.3 is 42.5 Å². The average molecular weight is 513 g/mol. The molecule has 1 aliphatic heterocycles. The number of hydrogen-bond donors (Lipinski definition) is 1. The molecule has 15 heteroatoms. The molecule has 196 valence electrons. The van der Waals surface area contributed by atoms with E-state index in [1.807, 2.05) is 21.1 Å². The largest absolute Gasteiger partial charge is 0.756 e. The molecule has 1 heterocycles. The number of aliphatic hydroxyl groups is 1. The number of rotatable bonds is 8. The van der Waals surface area contributed by atoms with Crippen LogP contribution in [0, 0.1) is 0 Å². The van der Waals surface area contributed by atoms with E-state index in [9.17, 15) is 33.7 Å². The molecule has 0 saturated carbocycles. The van der Waals surface area contributed by atoms with Crippen molar-refractivity contribution in [2.24, 2.45) is 0 Å². The lowest BCUT2D eigenvalue weighted by Gasteiger charge is -2.28. The highest BCUT2D eigenvalue weighted by molar-refractivity contribution is 7.45. The first-order valence-electron chi connectivity index (χ1n) is 10.5. The fourth-order valence-corrected chi connectivity index (χ4v) is 3.02. The van der Waals surface area contributed by atoms with E-state index in [4.69, 9.17) is 28.0 Å². The summed E-state index contributed by atoms with van der Waals surface area (Å²) < 4.78 is 41.7. The van der Waals surface area contributed by atoms with Crippen LogP contribution in [0.3, 0.4) is 0 Å². The Bertz CT molecular complexity index is 751. The molecule has 3 unspecified atom stereocenters. The number of aliphatic hydroxyl groups excluding tert-OH is 1. The number of likely N-dealkylation sites (N-methyl/N-ethyl adjacent to an activating group) is 1. The van der Waals surface area contributed by atoms with Crippen LogP contribution >= 0.6 is 7.82 Å². The van der Waals surface area contributed by atoms with Crippen LogP contribution in [0.1, 0.15) is 25.7 Å². The van der Waals surface area contributed by atoms with Crippen molar-refractivity contribution in [2.75, 3.05) is 60.7 Å². The van der Waals surface area contributed by atoms with E-state index in [2.05, 4.69) is 0 Å². The normalized spacial score (nSPS) is 23.8. The summed E-state index contributed by atoms with van der Waals surface area (Å²) in [6, 6.07) is 0. The second kappa shape index (κ2) is 14.3. The van der Waals surface area contributed by atoms with Crippen molar-refractivity contribution in [1.29, 1.82) is 0 Å². The van der Waals surface area contributed by atoms with Crippen LogP contribution < -0.4 is 4.89 Å². The van der Waals surface area contributed by atoms with E-state index >= 15 is 0 Å². The Hall–Kier alpha value is -2.09. The molecule has 0 radical (unpaired) electrons. The Morgan fingerprint density at radius 1 is 0.882 bits per heavy atom. The summed E-state index contributed by atoms with van der Waals surface area (Å²) in [7, 11) is 0.775. The molecule has 0 amide bonds. The first-order valence-corrected chi connectivity index (χ1v) is 12.0. The van der Waals surface area contributed by atoms with Crippen molar-refractivity contribution in [2.45, 2.75) is 37.9 Å². The number of phosphoric acid groups is 1. The zero-order valence-corrected chi connectivity index (χ0v) is 20.4. The fourth-order valence-electron chi connectivity index (χ4n) is 2.29. The molecule has 14 nitrogen and oxygen atoms in total. The van der Waals surface area contributed by atoms with Gasteiger partial charge in [0.1, 0.15) is 26.4 Å². The lowest BCUT2D eigenvalue weighted by atomic mass is 10.3. The quantitative estimate of drug-likeness (QED) is 0.174. The fraction of sp³-hybridized carbons (Fsp3) is 0.789. The van der Waals surface area contributed by atoms with Gasteiger partial charge in [0.25, 0.3) is 7.82 Å². The number of esters is 4. The van der Waals surface area contributed by atoms with Gasteiger partial charge in [0.05, 0.1) is 60.0 Å². The summed E-state index contributed by atoms with van der Waals surface area (Å²) in [5.41, 5.74) is 0. The number of phosphoric ester groups is 1. The van der Waals surface area contributed by atoms with Crippen molar-refractivity contribution in [3.8, 4) is 0 Å². The highest BCUT2D eigenvalue weighted by atomic mass is 31.2. The second-order valence-corrected chi connectivity index (χ2v) is 9.77. The maximum Gasteiger partial charge on any atom is 0.306 e. The molecule has 0 aromatic rings. The second-order valence-electron chi connectivity index (χ2n) is 8.36. The topological polar surface area (TPSA) is 184 Å². The van der Waals surface area contributed by atoms with Crippen LogP contribution in [-0.2, 0) is 51.7 Å². The summed E-state index contributed by atoms with van der Waals surface area (Å²) >= 11 is 0. The Morgan fingerprint density at radius 2 is 1.35 bits per heavy atom. The van der Waals surface area contributed by atoms with Gasteiger partial charge in [-0.1, -0.05) is 0 Å². The van der Waals surface area contributed by atoms with Gasteiger partial charge in [0, 0.05) is 0 Å². The van der Waals surface area contributed by atoms with Crippen molar-refractivity contribution in [3.05, 3.63) is 0 Å². The third-order valence-electron chi connectivity index (χ3n) is 4.16. The molecular formula is C19H32NO13P. The maximum absolute atomic E-state index is 12.1. The molecule has 1 fully saturated rings. The molecule has 34 heavy (non-hydrogen) atoms. The minimum absolute atomic E-state index is 0.142. The third-order valence-corrected chi connectivity index (χ3v) is 5.12. The molecule has 1 rings (SSSR count). The van der Waals surface area contributed by atoms with Crippen molar-refractivity contribution >= 4 is 31.7 Å². The number of quaternary nitrogens is 1. The summed E-state index contributed by atoms with van der Waals surface area (Å²) in [5, 5.41) is 9.22. The Kier molecular flexibility index (Phi) is 12.6. The SMILES string of the molecule is C[N+](C)(C)CCOP(=O)([O-])OCC1COC(=O)CCC(=O)OCC(CO)OC(=O)CCC(=O)O1. The van der Waals surface area contributed by atoms with E-state index in [1.165, 1.54) is 0 Å². The van der Waals surface area contributed by atoms with Gasteiger partial charge in [-0.2, -0.15) is 0 Å². The van der Waals surface area contributed by atoms with Gasteiger partial charge in [-0.3, -0.25) is 23.7 Å². The van der Waals surface area contributed by atoms with Gasteiger partial charge in [-0.05, 0) is 0 Å². The Labute approximate surface area is 197 Å². The molecule has 0 aromatic heterocycles. The Balaban J connectivity index is 2.75. The minimum atomic E-state index is -4.74. The van der Waals surface area contributed by atoms with Crippen LogP contribution in [0.4, 0.5) is 0 Å². The first-order chi connectivity index (χ1) is 15.8. The van der Waals surface area contributed by atoms with Crippen LogP contribution in [-0.4, -0.2) is 106 Å². The predicted molar refractivity (Wildman–Crippen MR) is 110 cm³/mol. The van der Waals surface area contributed by atoms with Gasteiger partial charge in [0.15, 0.2) is 12.2 Å². The zero-order chi connectivity index (χ0) is 25.8. The van der Waals surface area contributed by atoms with Gasteiger partial charge in [-0.15, -0.1) is 0 Å². The third kappa shape index (κ3) is 14.2. The molecule has 0 aliphatic carbocycles. The molecule has 0 bridgehead atoms. The molecule has 1 N–H and O–H groups in total. The van der Waals surface area contributed by atoms with Crippen LogP contribution in [0.5, 0.6) is 0 Å². The van der Waals surface area contributed by atoms with Crippen LogP contribution in [0.15, 0.2) is 0 Å². The lowest BCUT2D eigenvalue weighted by molar-refractivity contribution is -0.870. The highest BCUT2D eigenvalue weighted by Crippen LogP contribution is 2.38. The van der Waals surface area contributed by atoms with Gasteiger partial charge >= 0.3 is 23.9 Å². The molecule has 0 aromatic carbocycles. The minimum Gasteiger partial charge on any atom is -0.756 e.